The van der Waals surface area contributed by atoms with Crippen LogP contribution in [0.4, 0.5) is 0 Å². The summed E-state index contributed by atoms with van der Waals surface area (Å²) in [6.45, 7) is 1.67. The molecular weight excluding hydrogens is 330 g/mol. The van der Waals surface area contributed by atoms with Gasteiger partial charge in [0.2, 0.25) is 0 Å². The van der Waals surface area contributed by atoms with Crippen LogP contribution < -0.4 is 11.1 Å². The maximum absolute atomic E-state index is 12.4. The van der Waals surface area contributed by atoms with E-state index in [1.807, 2.05) is 0 Å². The third-order valence-electron chi connectivity index (χ3n) is 4.66. The van der Waals surface area contributed by atoms with Gasteiger partial charge in [-0.3, -0.25) is 9.59 Å². The van der Waals surface area contributed by atoms with Gasteiger partial charge < -0.3 is 11.1 Å². The van der Waals surface area contributed by atoms with Gasteiger partial charge in [-0.1, -0.05) is 0 Å². The Morgan fingerprint density at radius 3 is 2.58 bits per heavy atom. The Morgan fingerprint density at radius 2 is 1.96 bits per heavy atom. The normalized spacial score (nSPS) is 25.4. The molecule has 8 heteroatoms. The van der Waals surface area contributed by atoms with E-state index in [0.717, 1.165) is 30.0 Å². The fraction of sp³-hybridized carbons (Fsp3) is 0.500. The molecule has 3 N–H and O–H groups in total. The molecule has 2 amide bonds. The summed E-state index contributed by atoms with van der Waals surface area (Å²) in [4.78, 5) is 24.4. The van der Waals surface area contributed by atoms with Crippen molar-refractivity contribution in [2.45, 2.75) is 49.6 Å². The monoisotopic (exact) mass is 351 g/mol. The molecule has 24 heavy (non-hydrogen) atoms. The number of nitrogens with zero attached hydrogens (tertiary/aromatic N) is 1. The van der Waals surface area contributed by atoms with E-state index in [0.29, 0.717) is 0 Å². The van der Waals surface area contributed by atoms with Crippen LogP contribution in [0.15, 0.2) is 23.1 Å². The lowest BCUT2D eigenvalue weighted by molar-refractivity contribution is 0.0873. The minimum Gasteiger partial charge on any atom is -0.349 e. The van der Waals surface area contributed by atoms with Crippen LogP contribution in [-0.2, 0) is 10.0 Å². The largest absolute Gasteiger partial charge is 0.349 e. The number of benzene rings is 1. The molecule has 1 fully saturated rings. The number of amides is 2. The highest BCUT2D eigenvalue weighted by molar-refractivity contribution is 7.90. The minimum absolute atomic E-state index is 0.0518. The van der Waals surface area contributed by atoms with Crippen molar-refractivity contribution in [2.24, 2.45) is 5.73 Å². The lowest BCUT2D eigenvalue weighted by atomic mass is 9.91. The lowest BCUT2D eigenvalue weighted by Crippen LogP contribution is -2.40. The Labute approximate surface area is 141 Å². The number of carbonyl (C=O) groups is 2. The molecule has 7 nitrogen and oxygen atoms in total. The van der Waals surface area contributed by atoms with E-state index in [9.17, 15) is 18.0 Å². The van der Waals surface area contributed by atoms with Crippen molar-refractivity contribution in [1.29, 1.82) is 0 Å². The van der Waals surface area contributed by atoms with Gasteiger partial charge in [-0.05, 0) is 50.8 Å². The molecule has 1 saturated carbocycles. The highest BCUT2D eigenvalue weighted by Crippen LogP contribution is 2.30. The summed E-state index contributed by atoms with van der Waals surface area (Å²) in [6.07, 6.45) is 3.36. The van der Waals surface area contributed by atoms with Gasteiger partial charge in [0.05, 0.1) is 5.56 Å². The highest BCUT2D eigenvalue weighted by Gasteiger charge is 2.40. The van der Waals surface area contributed by atoms with E-state index >= 15 is 0 Å². The molecule has 0 bridgehead atoms. The predicted octanol–water partition coefficient (Wildman–Crippen LogP) is 0.851. The van der Waals surface area contributed by atoms with Crippen molar-refractivity contribution >= 4 is 21.8 Å². The smallest absolute Gasteiger partial charge is 0.268 e. The van der Waals surface area contributed by atoms with E-state index in [4.69, 9.17) is 5.73 Å². The van der Waals surface area contributed by atoms with Crippen molar-refractivity contribution < 1.29 is 18.0 Å². The summed E-state index contributed by atoms with van der Waals surface area (Å²) in [6, 6.07) is 4.44. The average Bonchev–Trinajstić information content (AvgIpc) is 2.75. The first-order valence-electron chi connectivity index (χ1n) is 8.12. The van der Waals surface area contributed by atoms with Gasteiger partial charge >= 0.3 is 0 Å². The third kappa shape index (κ3) is 2.80. The molecule has 1 aliphatic carbocycles. The summed E-state index contributed by atoms with van der Waals surface area (Å²) in [5.41, 5.74) is 6.22. The van der Waals surface area contributed by atoms with E-state index in [-0.39, 0.29) is 40.6 Å². The quantitative estimate of drug-likeness (QED) is 0.839. The summed E-state index contributed by atoms with van der Waals surface area (Å²) >= 11 is 0. The molecule has 3 rings (SSSR count). The Bertz CT molecular complexity index is 783. The SMILES string of the molecule is CCN1C(=O)c2ccc(C(=O)NC3CCC(N)CC3)cc2S1(=O)=O. The Morgan fingerprint density at radius 1 is 1.29 bits per heavy atom. The molecule has 130 valence electrons. The highest BCUT2D eigenvalue weighted by atomic mass is 32.2. The first kappa shape index (κ1) is 16.9. The molecule has 0 unspecified atom stereocenters. The van der Waals surface area contributed by atoms with Gasteiger partial charge in [-0.15, -0.1) is 0 Å². The molecule has 1 aromatic rings. The van der Waals surface area contributed by atoms with Gasteiger partial charge in [-0.25, -0.2) is 12.7 Å². The summed E-state index contributed by atoms with van der Waals surface area (Å²) in [5, 5.41) is 2.92. The predicted molar refractivity (Wildman–Crippen MR) is 88.0 cm³/mol. The van der Waals surface area contributed by atoms with Crippen molar-refractivity contribution in [3.63, 3.8) is 0 Å². The van der Waals surface area contributed by atoms with Crippen molar-refractivity contribution in [3.05, 3.63) is 29.3 Å². The summed E-state index contributed by atoms with van der Waals surface area (Å²) in [5.74, 6) is -0.864. The van der Waals surface area contributed by atoms with Crippen molar-refractivity contribution in [1.82, 2.24) is 9.62 Å². The first-order valence-corrected chi connectivity index (χ1v) is 9.56. The van der Waals surface area contributed by atoms with Gasteiger partial charge in [-0.2, -0.15) is 0 Å². The Balaban J connectivity index is 1.82. The van der Waals surface area contributed by atoms with Gasteiger partial charge in [0, 0.05) is 24.2 Å². The summed E-state index contributed by atoms with van der Waals surface area (Å²) < 4.78 is 25.6. The van der Waals surface area contributed by atoms with Gasteiger partial charge in [0.25, 0.3) is 21.8 Å². The molecule has 1 heterocycles. The van der Waals surface area contributed by atoms with Crippen LogP contribution in [0.5, 0.6) is 0 Å². The number of nitrogens with one attached hydrogen (secondary N) is 1. The second-order valence-corrected chi connectivity index (χ2v) is 8.10. The molecule has 2 aliphatic rings. The topological polar surface area (TPSA) is 110 Å². The van der Waals surface area contributed by atoms with Crippen LogP contribution in [0, 0.1) is 0 Å². The lowest BCUT2D eigenvalue weighted by Gasteiger charge is -2.26. The van der Waals surface area contributed by atoms with E-state index in [1.165, 1.54) is 18.2 Å². The number of rotatable bonds is 3. The van der Waals surface area contributed by atoms with E-state index < -0.39 is 15.9 Å². The van der Waals surface area contributed by atoms with Crippen LogP contribution in [0.2, 0.25) is 0 Å². The zero-order chi connectivity index (χ0) is 17.5. The first-order chi connectivity index (χ1) is 11.3. The van der Waals surface area contributed by atoms with Crippen LogP contribution in [0.1, 0.15) is 53.3 Å². The number of hydrogen-bond donors (Lipinski definition) is 2. The molecule has 0 spiro atoms. The Hall–Kier alpha value is -1.93. The van der Waals surface area contributed by atoms with Crippen molar-refractivity contribution in [3.8, 4) is 0 Å². The third-order valence-corrected chi connectivity index (χ3v) is 6.56. The Kier molecular flexibility index (Phi) is 4.35. The summed E-state index contributed by atoms with van der Waals surface area (Å²) in [7, 11) is -3.85. The molecule has 0 atom stereocenters. The molecule has 1 aliphatic heterocycles. The average molecular weight is 351 g/mol. The maximum Gasteiger partial charge on any atom is 0.268 e. The second-order valence-electron chi connectivity index (χ2n) is 6.27. The van der Waals surface area contributed by atoms with E-state index in [2.05, 4.69) is 5.32 Å². The van der Waals surface area contributed by atoms with E-state index in [1.54, 1.807) is 6.92 Å². The fourth-order valence-corrected chi connectivity index (χ4v) is 4.86. The molecular formula is C16H21N3O4S. The zero-order valence-electron chi connectivity index (χ0n) is 13.5. The molecule has 1 aromatic carbocycles. The molecule has 0 radical (unpaired) electrons. The van der Waals surface area contributed by atoms with Crippen LogP contribution in [0.25, 0.3) is 0 Å². The molecule has 0 aromatic heterocycles. The fourth-order valence-electron chi connectivity index (χ4n) is 3.26. The zero-order valence-corrected chi connectivity index (χ0v) is 14.3. The minimum atomic E-state index is -3.85. The maximum atomic E-state index is 12.4. The number of sulfonamides is 1. The number of fused-ring (bicyclic) bond motifs is 1. The van der Waals surface area contributed by atoms with Gasteiger partial charge in [0.1, 0.15) is 4.90 Å². The number of nitrogens with two attached hydrogens (primary N) is 1. The molecule has 0 saturated heterocycles. The van der Waals surface area contributed by atoms with Crippen molar-refractivity contribution in [2.75, 3.05) is 6.54 Å². The number of carbonyl (C=O) groups excluding carboxylic acids is 2. The van der Waals surface area contributed by atoms with Crippen LogP contribution in [-0.4, -0.2) is 43.2 Å². The van der Waals surface area contributed by atoms with Crippen LogP contribution in [0.3, 0.4) is 0 Å². The number of hydrogen-bond acceptors (Lipinski definition) is 5. The van der Waals surface area contributed by atoms with Gasteiger partial charge in [0.15, 0.2) is 0 Å². The second kappa shape index (κ2) is 6.18. The van der Waals surface area contributed by atoms with Crippen LogP contribution >= 0.6 is 0 Å². The standard InChI is InChI=1S/C16H21N3O4S/c1-2-19-16(21)13-8-3-10(9-14(13)24(19,22)23)15(20)18-12-6-4-11(17)5-7-12/h3,8-9,11-12H,2,4-7,17H2,1H3,(H,18,20).